The number of aliphatic hydroxyl groups is 1. The van der Waals surface area contributed by atoms with E-state index in [1.165, 1.54) is 0 Å². The highest BCUT2D eigenvalue weighted by Gasteiger charge is 2.26. The van der Waals surface area contributed by atoms with Crippen LogP contribution in [0.2, 0.25) is 0 Å². The van der Waals surface area contributed by atoms with Gasteiger partial charge in [0.1, 0.15) is 0 Å². The van der Waals surface area contributed by atoms with Crippen molar-refractivity contribution >= 4 is 5.96 Å². The highest BCUT2D eigenvalue weighted by atomic mass is 16.5. The second-order valence-corrected chi connectivity index (χ2v) is 5.51. The predicted molar refractivity (Wildman–Crippen MR) is 80.1 cm³/mol. The van der Waals surface area contributed by atoms with Crippen LogP contribution in [-0.2, 0) is 4.74 Å². The topological polar surface area (TPSA) is 60.3 Å². The molecule has 0 aromatic carbocycles. The summed E-state index contributed by atoms with van der Waals surface area (Å²) >= 11 is 0. The van der Waals surface area contributed by atoms with E-state index in [0.717, 1.165) is 57.9 Å². The molecule has 20 heavy (non-hydrogen) atoms. The van der Waals surface area contributed by atoms with Gasteiger partial charge >= 0.3 is 0 Å². The Morgan fingerprint density at radius 1 is 1.35 bits per heavy atom. The second kappa shape index (κ2) is 8.44. The quantitative estimate of drug-likeness (QED) is 0.602. The zero-order valence-electron chi connectivity index (χ0n) is 12.6. The van der Waals surface area contributed by atoms with Crippen molar-refractivity contribution in [1.82, 2.24) is 15.1 Å². The number of rotatable bonds is 8. The molecule has 2 aliphatic rings. The van der Waals surface area contributed by atoms with Gasteiger partial charge in [0, 0.05) is 39.3 Å². The fourth-order valence-electron chi connectivity index (χ4n) is 2.76. The van der Waals surface area contributed by atoms with Crippen LogP contribution < -0.4 is 5.32 Å². The van der Waals surface area contributed by atoms with Crippen LogP contribution in [0.3, 0.4) is 0 Å². The minimum absolute atomic E-state index is 0.410. The van der Waals surface area contributed by atoms with Crippen LogP contribution in [0.4, 0.5) is 0 Å². The van der Waals surface area contributed by atoms with E-state index in [1.54, 1.807) is 0 Å². The molecular formula is C14H28N4O2. The zero-order valence-corrected chi connectivity index (χ0v) is 12.6. The molecule has 0 spiro atoms. The van der Waals surface area contributed by atoms with Crippen molar-refractivity contribution in [2.75, 3.05) is 59.5 Å². The highest BCUT2D eigenvalue weighted by Crippen LogP contribution is 2.14. The van der Waals surface area contributed by atoms with Crippen LogP contribution in [0, 0.1) is 0 Å². The number of nitrogens with one attached hydrogen (secondary N) is 1. The number of hydrogen-bond acceptors (Lipinski definition) is 6. The van der Waals surface area contributed by atoms with Crippen molar-refractivity contribution in [3.63, 3.8) is 0 Å². The van der Waals surface area contributed by atoms with E-state index in [4.69, 9.17) is 4.74 Å². The van der Waals surface area contributed by atoms with Crippen molar-refractivity contribution < 1.29 is 9.84 Å². The molecule has 0 aromatic rings. The van der Waals surface area contributed by atoms with Crippen molar-refractivity contribution in [2.45, 2.75) is 25.4 Å². The maximum atomic E-state index is 10.1. The Balaban J connectivity index is 1.70. The molecule has 0 radical (unpaired) electrons. The van der Waals surface area contributed by atoms with Gasteiger partial charge in [-0.05, 0) is 32.9 Å². The molecule has 0 bridgehead atoms. The minimum atomic E-state index is -0.436. The minimum Gasteiger partial charge on any atom is -0.389 e. The lowest BCUT2D eigenvalue weighted by atomic mass is 10.2. The molecule has 1 unspecified atom stereocenters. The summed E-state index contributed by atoms with van der Waals surface area (Å²) in [7, 11) is 1.93. The molecule has 0 saturated carbocycles. The standard InChI is InChI=1S/C14H28N4O2/c1-15-5-3-10-20-12-13(19)11-18-9-4-8-17-7-2-6-16-14(17)18/h13,15,19H,2-12H2,1H3. The first-order chi connectivity index (χ1) is 9.81. The molecule has 2 heterocycles. The molecule has 2 N–H and O–H groups in total. The Labute approximate surface area is 121 Å². The summed E-state index contributed by atoms with van der Waals surface area (Å²) in [6.07, 6.45) is 2.84. The molecule has 1 fully saturated rings. The van der Waals surface area contributed by atoms with Gasteiger partial charge in [0.05, 0.1) is 12.7 Å². The third-order valence-electron chi connectivity index (χ3n) is 3.72. The van der Waals surface area contributed by atoms with Crippen LogP contribution in [-0.4, -0.2) is 86.5 Å². The third-order valence-corrected chi connectivity index (χ3v) is 3.72. The Bertz CT molecular complexity index is 312. The molecule has 116 valence electrons. The lowest BCUT2D eigenvalue weighted by molar-refractivity contribution is 0.0218. The highest BCUT2D eigenvalue weighted by molar-refractivity contribution is 5.81. The van der Waals surface area contributed by atoms with Gasteiger partial charge in [0.25, 0.3) is 0 Å². The Morgan fingerprint density at radius 2 is 2.20 bits per heavy atom. The first kappa shape index (κ1) is 15.5. The Hall–Kier alpha value is -0.850. The number of aliphatic hydroxyl groups excluding tert-OH is 1. The largest absolute Gasteiger partial charge is 0.389 e. The van der Waals surface area contributed by atoms with Gasteiger partial charge in [-0.25, -0.2) is 0 Å². The average molecular weight is 284 g/mol. The van der Waals surface area contributed by atoms with Crippen LogP contribution in [0.25, 0.3) is 0 Å². The smallest absolute Gasteiger partial charge is 0.196 e. The van der Waals surface area contributed by atoms with Crippen LogP contribution in [0.1, 0.15) is 19.3 Å². The summed E-state index contributed by atoms with van der Waals surface area (Å²) in [6.45, 7) is 6.80. The van der Waals surface area contributed by atoms with Gasteiger partial charge in [-0.3, -0.25) is 4.99 Å². The van der Waals surface area contributed by atoms with Crippen molar-refractivity contribution in [3.05, 3.63) is 0 Å². The number of aliphatic imine (C=N–C) groups is 1. The maximum Gasteiger partial charge on any atom is 0.196 e. The monoisotopic (exact) mass is 284 g/mol. The molecule has 6 nitrogen and oxygen atoms in total. The third kappa shape index (κ3) is 4.61. The number of ether oxygens (including phenoxy) is 1. The molecule has 1 saturated heterocycles. The fraction of sp³-hybridized carbons (Fsp3) is 0.929. The molecule has 0 amide bonds. The molecule has 2 rings (SSSR count). The van der Waals surface area contributed by atoms with E-state index in [-0.39, 0.29) is 0 Å². The molecule has 1 atom stereocenters. The number of nitrogens with zero attached hydrogens (tertiary/aromatic N) is 3. The van der Waals surface area contributed by atoms with Crippen LogP contribution in [0.15, 0.2) is 4.99 Å². The van der Waals surface area contributed by atoms with E-state index >= 15 is 0 Å². The summed E-state index contributed by atoms with van der Waals surface area (Å²) in [5, 5.41) is 13.2. The van der Waals surface area contributed by atoms with E-state index in [1.807, 2.05) is 7.05 Å². The Kier molecular flexibility index (Phi) is 6.56. The Morgan fingerprint density at radius 3 is 3.05 bits per heavy atom. The summed E-state index contributed by atoms with van der Waals surface area (Å²) in [5.41, 5.74) is 0. The van der Waals surface area contributed by atoms with Gasteiger partial charge in [-0.15, -0.1) is 0 Å². The van der Waals surface area contributed by atoms with Gasteiger partial charge in [0.2, 0.25) is 0 Å². The van der Waals surface area contributed by atoms with Gasteiger partial charge in [-0.2, -0.15) is 0 Å². The number of fused-ring (bicyclic) bond motifs is 1. The first-order valence-electron chi connectivity index (χ1n) is 7.76. The molecule has 0 aromatic heterocycles. The number of guanidine groups is 1. The number of hydrogen-bond donors (Lipinski definition) is 2. The molecule has 2 aliphatic heterocycles. The van der Waals surface area contributed by atoms with Crippen molar-refractivity contribution in [3.8, 4) is 0 Å². The van der Waals surface area contributed by atoms with Crippen LogP contribution >= 0.6 is 0 Å². The van der Waals surface area contributed by atoms with Gasteiger partial charge in [-0.1, -0.05) is 0 Å². The average Bonchev–Trinajstić information content (AvgIpc) is 2.47. The summed E-state index contributed by atoms with van der Waals surface area (Å²) < 4.78 is 5.50. The molecular weight excluding hydrogens is 256 g/mol. The summed E-state index contributed by atoms with van der Waals surface area (Å²) in [6, 6.07) is 0. The fourth-order valence-corrected chi connectivity index (χ4v) is 2.76. The lowest BCUT2D eigenvalue weighted by Gasteiger charge is -2.41. The van der Waals surface area contributed by atoms with Crippen LogP contribution in [0.5, 0.6) is 0 Å². The number of β-amino-alcohol motifs (C(OH)–C–C–N with tert-alkyl or cyclic N) is 1. The van der Waals surface area contributed by atoms with E-state index in [9.17, 15) is 5.11 Å². The lowest BCUT2D eigenvalue weighted by Crippen LogP contribution is -2.54. The maximum absolute atomic E-state index is 10.1. The van der Waals surface area contributed by atoms with E-state index < -0.39 is 6.10 Å². The zero-order chi connectivity index (χ0) is 14.2. The molecule has 0 aliphatic carbocycles. The second-order valence-electron chi connectivity index (χ2n) is 5.51. The van der Waals surface area contributed by atoms with Gasteiger partial charge in [0.15, 0.2) is 5.96 Å². The predicted octanol–water partition coefficient (Wildman–Crippen LogP) is -0.259. The summed E-state index contributed by atoms with van der Waals surface area (Å²) in [5.74, 6) is 1.08. The summed E-state index contributed by atoms with van der Waals surface area (Å²) in [4.78, 5) is 9.17. The van der Waals surface area contributed by atoms with E-state index in [2.05, 4.69) is 20.1 Å². The van der Waals surface area contributed by atoms with Crippen molar-refractivity contribution in [1.29, 1.82) is 0 Å². The van der Waals surface area contributed by atoms with Gasteiger partial charge < -0.3 is 25.0 Å². The normalized spacial score (nSPS) is 20.6. The van der Waals surface area contributed by atoms with Crippen molar-refractivity contribution in [2.24, 2.45) is 4.99 Å². The molecule has 6 heteroatoms. The van der Waals surface area contributed by atoms with E-state index in [0.29, 0.717) is 19.8 Å². The first-order valence-corrected chi connectivity index (χ1v) is 7.76. The SMILES string of the molecule is CNCCCOCC(O)CN1CCCN2CCCN=C21.